The Morgan fingerprint density at radius 1 is 1.39 bits per heavy atom. The summed E-state index contributed by atoms with van der Waals surface area (Å²) in [5, 5.41) is 8.84. The summed E-state index contributed by atoms with van der Waals surface area (Å²) in [6.07, 6.45) is 0.316. The van der Waals surface area contributed by atoms with Gasteiger partial charge in [-0.15, -0.1) is 0 Å². The van der Waals surface area contributed by atoms with E-state index >= 15 is 0 Å². The number of urea groups is 1. The third-order valence-corrected chi connectivity index (χ3v) is 2.92. The number of amides is 3. The van der Waals surface area contributed by atoms with E-state index in [4.69, 9.17) is 5.26 Å². The number of carbonyl (C=O) groups is 2. The minimum atomic E-state index is -0.316. The molecule has 1 aliphatic rings. The molecule has 1 saturated heterocycles. The van der Waals surface area contributed by atoms with Crippen LogP contribution in [0.15, 0.2) is 24.3 Å². The van der Waals surface area contributed by atoms with E-state index in [1.165, 1.54) is 0 Å². The van der Waals surface area contributed by atoms with Gasteiger partial charge in [0.05, 0.1) is 17.3 Å². The third-order valence-electron chi connectivity index (χ3n) is 2.92. The maximum absolute atomic E-state index is 12.1. The molecule has 1 fully saturated rings. The number of hydrogen-bond acceptors (Lipinski definition) is 3. The van der Waals surface area contributed by atoms with Crippen LogP contribution in [0.25, 0.3) is 0 Å². The Hall–Kier alpha value is -2.35. The summed E-state index contributed by atoms with van der Waals surface area (Å²) in [5.74, 6) is -0.222. The first-order chi connectivity index (χ1) is 8.67. The number of carbonyl (C=O) groups excluding carboxylic acids is 2. The zero-order chi connectivity index (χ0) is 13.1. The standard InChI is InChI=1S/C13H13N3O2/c1-2-15-7-6-12(17)16(13(15)18)11-5-3-4-10(8-11)9-14/h3-5,8H,2,6-7H2,1H3. The Bertz CT molecular complexity index is 533. The van der Waals surface area contributed by atoms with Gasteiger partial charge in [0.1, 0.15) is 0 Å². The van der Waals surface area contributed by atoms with E-state index in [1.807, 2.05) is 13.0 Å². The van der Waals surface area contributed by atoms with Gasteiger partial charge < -0.3 is 4.90 Å². The molecule has 0 saturated carbocycles. The van der Waals surface area contributed by atoms with E-state index in [0.717, 1.165) is 4.90 Å². The molecule has 1 heterocycles. The van der Waals surface area contributed by atoms with Crippen molar-refractivity contribution < 1.29 is 9.59 Å². The molecule has 0 N–H and O–H groups in total. The van der Waals surface area contributed by atoms with Gasteiger partial charge >= 0.3 is 6.03 Å². The maximum Gasteiger partial charge on any atom is 0.331 e. The molecule has 0 unspecified atom stereocenters. The lowest BCUT2D eigenvalue weighted by molar-refractivity contribution is -0.119. The second-order valence-corrected chi connectivity index (χ2v) is 4.00. The van der Waals surface area contributed by atoms with Crippen molar-refractivity contribution >= 4 is 17.6 Å². The highest BCUT2D eigenvalue weighted by Gasteiger charge is 2.32. The van der Waals surface area contributed by atoms with Gasteiger partial charge in [0, 0.05) is 19.5 Å². The summed E-state index contributed by atoms with van der Waals surface area (Å²) in [4.78, 5) is 26.7. The predicted octanol–water partition coefficient (Wildman–Crippen LogP) is 1.74. The van der Waals surface area contributed by atoms with Crippen LogP contribution in [0.1, 0.15) is 18.9 Å². The Kier molecular flexibility index (Phi) is 3.28. The van der Waals surface area contributed by atoms with Gasteiger partial charge in [0.25, 0.3) is 0 Å². The minimum absolute atomic E-state index is 0.222. The molecular formula is C13H13N3O2. The molecule has 1 aromatic carbocycles. The second-order valence-electron chi connectivity index (χ2n) is 4.00. The smallest absolute Gasteiger partial charge is 0.324 e. The van der Waals surface area contributed by atoms with Gasteiger partial charge in [-0.2, -0.15) is 5.26 Å². The Labute approximate surface area is 105 Å². The zero-order valence-electron chi connectivity index (χ0n) is 10.1. The molecule has 1 aliphatic heterocycles. The predicted molar refractivity (Wildman–Crippen MR) is 65.9 cm³/mol. The lowest BCUT2D eigenvalue weighted by Gasteiger charge is -2.33. The maximum atomic E-state index is 12.1. The van der Waals surface area contributed by atoms with Crippen molar-refractivity contribution in [2.75, 3.05) is 18.0 Å². The van der Waals surface area contributed by atoms with E-state index in [9.17, 15) is 9.59 Å². The van der Waals surface area contributed by atoms with Crippen LogP contribution in [0.4, 0.5) is 10.5 Å². The van der Waals surface area contributed by atoms with Gasteiger partial charge in [0.15, 0.2) is 0 Å². The number of hydrogen-bond donors (Lipinski definition) is 0. The lowest BCUT2D eigenvalue weighted by atomic mass is 10.1. The van der Waals surface area contributed by atoms with Crippen molar-refractivity contribution in [3.8, 4) is 6.07 Å². The molecule has 18 heavy (non-hydrogen) atoms. The number of benzene rings is 1. The monoisotopic (exact) mass is 243 g/mol. The fraction of sp³-hybridized carbons (Fsp3) is 0.308. The quantitative estimate of drug-likeness (QED) is 0.794. The van der Waals surface area contributed by atoms with Gasteiger partial charge in [0.2, 0.25) is 5.91 Å². The summed E-state index contributed by atoms with van der Waals surface area (Å²) in [5.41, 5.74) is 0.893. The van der Waals surface area contributed by atoms with Crippen molar-refractivity contribution in [3.63, 3.8) is 0 Å². The summed E-state index contributed by atoms with van der Waals surface area (Å²) in [6, 6.07) is 8.20. The Balaban J connectivity index is 2.37. The lowest BCUT2D eigenvalue weighted by Crippen LogP contribution is -2.52. The molecule has 0 spiro atoms. The molecule has 2 rings (SSSR count). The molecule has 5 nitrogen and oxygen atoms in total. The largest absolute Gasteiger partial charge is 0.331 e. The number of rotatable bonds is 2. The number of nitriles is 1. The van der Waals surface area contributed by atoms with Gasteiger partial charge in [-0.3, -0.25) is 4.79 Å². The van der Waals surface area contributed by atoms with Crippen LogP contribution in [-0.4, -0.2) is 29.9 Å². The zero-order valence-corrected chi connectivity index (χ0v) is 10.1. The van der Waals surface area contributed by atoms with Crippen LogP contribution in [0, 0.1) is 11.3 Å². The molecule has 5 heteroatoms. The SMILES string of the molecule is CCN1CCC(=O)N(c2cccc(C#N)c2)C1=O. The highest BCUT2D eigenvalue weighted by Crippen LogP contribution is 2.21. The first-order valence-electron chi connectivity index (χ1n) is 5.79. The average Bonchev–Trinajstić information content (AvgIpc) is 2.39. The molecule has 0 atom stereocenters. The molecule has 3 amide bonds. The van der Waals surface area contributed by atoms with Crippen LogP contribution in [0.3, 0.4) is 0 Å². The highest BCUT2D eigenvalue weighted by molar-refractivity contribution is 6.15. The van der Waals surface area contributed by atoms with Crippen LogP contribution in [0.2, 0.25) is 0 Å². The second kappa shape index (κ2) is 4.88. The molecule has 1 aromatic rings. The van der Waals surface area contributed by atoms with E-state index in [2.05, 4.69) is 0 Å². The Morgan fingerprint density at radius 2 is 2.17 bits per heavy atom. The number of nitrogens with zero attached hydrogens (tertiary/aromatic N) is 3. The first-order valence-corrected chi connectivity index (χ1v) is 5.79. The summed E-state index contributed by atoms with van der Waals surface area (Å²) < 4.78 is 0. The minimum Gasteiger partial charge on any atom is -0.324 e. The van der Waals surface area contributed by atoms with Gasteiger partial charge in [-0.1, -0.05) is 6.07 Å². The Morgan fingerprint density at radius 3 is 2.83 bits per heavy atom. The fourth-order valence-corrected chi connectivity index (χ4v) is 1.95. The van der Waals surface area contributed by atoms with Crippen LogP contribution >= 0.6 is 0 Å². The van der Waals surface area contributed by atoms with Crippen LogP contribution in [0.5, 0.6) is 0 Å². The van der Waals surface area contributed by atoms with Crippen LogP contribution in [-0.2, 0) is 4.79 Å². The first kappa shape index (κ1) is 12.1. The summed E-state index contributed by atoms with van der Waals surface area (Å²) in [7, 11) is 0. The molecule has 0 radical (unpaired) electrons. The molecule has 0 bridgehead atoms. The van der Waals surface area contributed by atoms with Crippen molar-refractivity contribution in [1.82, 2.24) is 4.90 Å². The molecule has 0 aliphatic carbocycles. The molecular weight excluding hydrogens is 230 g/mol. The van der Waals surface area contributed by atoms with E-state index in [-0.39, 0.29) is 11.9 Å². The van der Waals surface area contributed by atoms with E-state index in [1.54, 1.807) is 29.2 Å². The van der Waals surface area contributed by atoms with Crippen molar-refractivity contribution in [2.24, 2.45) is 0 Å². The third kappa shape index (κ3) is 2.05. The molecule has 92 valence electrons. The van der Waals surface area contributed by atoms with Crippen molar-refractivity contribution in [2.45, 2.75) is 13.3 Å². The van der Waals surface area contributed by atoms with E-state index in [0.29, 0.717) is 30.8 Å². The van der Waals surface area contributed by atoms with Gasteiger partial charge in [-0.05, 0) is 25.1 Å². The number of anilines is 1. The fourth-order valence-electron chi connectivity index (χ4n) is 1.95. The topological polar surface area (TPSA) is 64.4 Å². The molecule has 0 aromatic heterocycles. The van der Waals surface area contributed by atoms with Crippen LogP contribution < -0.4 is 4.90 Å². The summed E-state index contributed by atoms with van der Waals surface area (Å²) in [6.45, 7) is 2.90. The highest BCUT2D eigenvalue weighted by atomic mass is 16.2. The summed E-state index contributed by atoms with van der Waals surface area (Å²) >= 11 is 0. The average molecular weight is 243 g/mol. The van der Waals surface area contributed by atoms with Gasteiger partial charge in [-0.25, -0.2) is 9.69 Å². The van der Waals surface area contributed by atoms with Crippen molar-refractivity contribution in [1.29, 1.82) is 5.26 Å². The van der Waals surface area contributed by atoms with E-state index < -0.39 is 0 Å². The van der Waals surface area contributed by atoms with Crippen molar-refractivity contribution in [3.05, 3.63) is 29.8 Å². The normalized spacial score (nSPS) is 15.8. The number of imide groups is 1.